The molecular formula is C16H20ClNO3. The lowest BCUT2D eigenvalue weighted by Crippen LogP contribution is -2.33. The van der Waals surface area contributed by atoms with Gasteiger partial charge in [-0.2, -0.15) is 0 Å². The maximum absolute atomic E-state index is 12.2. The van der Waals surface area contributed by atoms with Crippen LogP contribution in [0.1, 0.15) is 40.7 Å². The first-order chi connectivity index (χ1) is 9.88. The number of aryl methyl sites for hydroxylation is 2. The van der Waals surface area contributed by atoms with Gasteiger partial charge in [-0.3, -0.25) is 9.59 Å². The van der Waals surface area contributed by atoms with Gasteiger partial charge in [-0.15, -0.1) is 0 Å². The number of amides is 1. The molecule has 1 amide bonds. The number of halogens is 1. The number of carbonyl (C=O) groups excluding carboxylic acids is 1. The van der Waals surface area contributed by atoms with Gasteiger partial charge in [-0.05, 0) is 49.4 Å². The molecule has 0 aliphatic heterocycles. The number of carboxylic acids is 1. The van der Waals surface area contributed by atoms with Crippen molar-refractivity contribution in [1.82, 2.24) is 5.32 Å². The number of carboxylic acid groups (broad SMARTS) is 1. The van der Waals surface area contributed by atoms with E-state index in [0.717, 1.165) is 24.0 Å². The molecule has 0 aromatic heterocycles. The Kier molecular flexibility index (Phi) is 4.88. The molecular weight excluding hydrogens is 290 g/mol. The van der Waals surface area contributed by atoms with Crippen molar-refractivity contribution in [3.05, 3.63) is 33.8 Å². The van der Waals surface area contributed by atoms with Crippen molar-refractivity contribution in [1.29, 1.82) is 0 Å². The van der Waals surface area contributed by atoms with Crippen LogP contribution in [0.15, 0.2) is 12.1 Å². The Morgan fingerprint density at radius 2 is 1.95 bits per heavy atom. The van der Waals surface area contributed by atoms with E-state index in [1.807, 2.05) is 13.8 Å². The lowest BCUT2D eigenvalue weighted by Gasteiger charge is -2.14. The summed E-state index contributed by atoms with van der Waals surface area (Å²) in [6.07, 6.45) is 2.83. The van der Waals surface area contributed by atoms with E-state index in [4.69, 9.17) is 11.6 Å². The van der Waals surface area contributed by atoms with E-state index in [-0.39, 0.29) is 12.5 Å². The molecule has 0 spiro atoms. The second-order valence-electron chi connectivity index (χ2n) is 5.84. The molecule has 1 aromatic rings. The predicted molar refractivity (Wildman–Crippen MR) is 81.7 cm³/mol. The fourth-order valence-corrected chi connectivity index (χ4v) is 2.60. The van der Waals surface area contributed by atoms with Gasteiger partial charge in [0, 0.05) is 6.54 Å². The highest BCUT2D eigenvalue weighted by Crippen LogP contribution is 2.35. The Morgan fingerprint density at radius 1 is 1.33 bits per heavy atom. The largest absolute Gasteiger partial charge is 0.481 e. The number of benzene rings is 1. The van der Waals surface area contributed by atoms with Crippen LogP contribution in [0.5, 0.6) is 0 Å². The highest BCUT2D eigenvalue weighted by molar-refractivity contribution is 6.34. The lowest BCUT2D eigenvalue weighted by molar-refractivity contribution is -0.141. The number of carbonyl (C=O) groups is 2. The first-order valence-corrected chi connectivity index (χ1v) is 7.54. The zero-order valence-electron chi connectivity index (χ0n) is 12.3. The summed E-state index contributed by atoms with van der Waals surface area (Å²) < 4.78 is 0. The second-order valence-corrected chi connectivity index (χ2v) is 6.25. The van der Waals surface area contributed by atoms with Crippen molar-refractivity contribution in [3.63, 3.8) is 0 Å². The molecule has 1 saturated carbocycles. The maximum atomic E-state index is 12.2. The monoisotopic (exact) mass is 309 g/mol. The Hall–Kier alpha value is -1.55. The standard InChI is InChI=1S/C16H20ClNO3/c1-9-5-13(14(17)6-10(9)2)15(19)18-8-12(16(20)21)7-11-3-4-11/h5-6,11-12H,3-4,7-8H2,1-2H3,(H,18,19)(H,20,21). The molecule has 0 bridgehead atoms. The molecule has 21 heavy (non-hydrogen) atoms. The Bertz CT molecular complexity index is 567. The Morgan fingerprint density at radius 3 is 2.52 bits per heavy atom. The summed E-state index contributed by atoms with van der Waals surface area (Å²) in [4.78, 5) is 23.4. The topological polar surface area (TPSA) is 66.4 Å². The summed E-state index contributed by atoms with van der Waals surface area (Å²) >= 11 is 6.09. The fraction of sp³-hybridized carbons (Fsp3) is 0.500. The zero-order valence-corrected chi connectivity index (χ0v) is 13.0. The van der Waals surface area contributed by atoms with Crippen molar-refractivity contribution in [2.75, 3.05) is 6.54 Å². The van der Waals surface area contributed by atoms with Crippen molar-refractivity contribution in [2.45, 2.75) is 33.1 Å². The Balaban J connectivity index is 2.00. The van der Waals surface area contributed by atoms with Crippen molar-refractivity contribution >= 4 is 23.5 Å². The van der Waals surface area contributed by atoms with Gasteiger partial charge in [0.1, 0.15) is 0 Å². The van der Waals surface area contributed by atoms with E-state index in [1.165, 1.54) is 0 Å². The molecule has 1 atom stereocenters. The summed E-state index contributed by atoms with van der Waals surface area (Å²) in [5.41, 5.74) is 2.40. The molecule has 5 heteroatoms. The van der Waals surface area contributed by atoms with Gasteiger partial charge in [0.15, 0.2) is 0 Å². The molecule has 2 rings (SSSR count). The van der Waals surface area contributed by atoms with Crippen LogP contribution in [-0.4, -0.2) is 23.5 Å². The molecule has 1 aromatic carbocycles. The smallest absolute Gasteiger partial charge is 0.308 e. The van der Waals surface area contributed by atoms with Crippen LogP contribution in [0.25, 0.3) is 0 Å². The minimum absolute atomic E-state index is 0.147. The van der Waals surface area contributed by atoms with Gasteiger partial charge in [0.25, 0.3) is 5.91 Å². The summed E-state index contributed by atoms with van der Waals surface area (Å²) in [5, 5.41) is 12.3. The fourth-order valence-electron chi connectivity index (χ4n) is 2.29. The van der Waals surface area contributed by atoms with Crippen LogP contribution in [0.4, 0.5) is 0 Å². The van der Waals surface area contributed by atoms with Gasteiger partial charge >= 0.3 is 5.97 Å². The van der Waals surface area contributed by atoms with Crippen LogP contribution < -0.4 is 5.32 Å². The second kappa shape index (κ2) is 6.48. The average Bonchev–Trinajstić information content (AvgIpc) is 3.22. The first-order valence-electron chi connectivity index (χ1n) is 7.16. The molecule has 1 aliphatic rings. The number of hydrogen-bond acceptors (Lipinski definition) is 2. The SMILES string of the molecule is Cc1cc(Cl)c(C(=O)NCC(CC2CC2)C(=O)O)cc1C. The molecule has 2 N–H and O–H groups in total. The molecule has 1 fully saturated rings. The molecule has 1 unspecified atom stereocenters. The number of nitrogens with one attached hydrogen (secondary N) is 1. The quantitative estimate of drug-likeness (QED) is 0.848. The molecule has 0 heterocycles. The van der Waals surface area contributed by atoms with E-state index < -0.39 is 11.9 Å². The van der Waals surface area contributed by atoms with Crippen LogP contribution in [-0.2, 0) is 4.79 Å². The van der Waals surface area contributed by atoms with Crippen molar-refractivity contribution < 1.29 is 14.7 Å². The highest BCUT2D eigenvalue weighted by Gasteiger charge is 2.29. The summed E-state index contributed by atoms with van der Waals surface area (Å²) in [5.74, 6) is -1.18. The minimum atomic E-state index is -0.853. The highest BCUT2D eigenvalue weighted by atomic mass is 35.5. The summed E-state index contributed by atoms with van der Waals surface area (Å²) in [6, 6.07) is 3.49. The lowest BCUT2D eigenvalue weighted by atomic mass is 10.0. The van der Waals surface area contributed by atoms with E-state index in [0.29, 0.717) is 22.9 Å². The van der Waals surface area contributed by atoms with Gasteiger partial charge in [0.2, 0.25) is 0 Å². The minimum Gasteiger partial charge on any atom is -0.481 e. The van der Waals surface area contributed by atoms with Gasteiger partial charge in [-0.25, -0.2) is 0 Å². The van der Waals surface area contributed by atoms with Crippen molar-refractivity contribution in [3.8, 4) is 0 Å². The third-order valence-electron chi connectivity index (χ3n) is 4.00. The maximum Gasteiger partial charge on any atom is 0.308 e. The molecule has 0 radical (unpaired) electrons. The molecule has 1 aliphatic carbocycles. The Labute approximate surface area is 129 Å². The predicted octanol–water partition coefficient (Wildman–Crippen LogP) is 3.19. The van der Waals surface area contributed by atoms with E-state index in [1.54, 1.807) is 12.1 Å². The van der Waals surface area contributed by atoms with E-state index in [9.17, 15) is 14.7 Å². The van der Waals surface area contributed by atoms with Crippen LogP contribution in [0.3, 0.4) is 0 Å². The summed E-state index contributed by atoms with van der Waals surface area (Å²) in [6.45, 7) is 3.99. The van der Waals surface area contributed by atoms with Gasteiger partial charge in [0.05, 0.1) is 16.5 Å². The van der Waals surface area contributed by atoms with E-state index >= 15 is 0 Å². The van der Waals surface area contributed by atoms with Crippen LogP contribution in [0, 0.1) is 25.7 Å². The van der Waals surface area contributed by atoms with E-state index in [2.05, 4.69) is 5.32 Å². The van der Waals surface area contributed by atoms with Crippen LogP contribution >= 0.6 is 11.6 Å². The normalized spacial score (nSPS) is 15.6. The zero-order chi connectivity index (χ0) is 15.6. The van der Waals surface area contributed by atoms with Crippen molar-refractivity contribution in [2.24, 2.45) is 11.8 Å². The number of rotatable bonds is 6. The van der Waals surface area contributed by atoms with Gasteiger partial charge in [-0.1, -0.05) is 24.4 Å². The average molecular weight is 310 g/mol. The third kappa shape index (κ3) is 4.21. The molecule has 114 valence electrons. The first kappa shape index (κ1) is 15.8. The third-order valence-corrected chi connectivity index (χ3v) is 4.31. The van der Waals surface area contributed by atoms with Crippen LogP contribution in [0.2, 0.25) is 5.02 Å². The van der Waals surface area contributed by atoms with Gasteiger partial charge < -0.3 is 10.4 Å². The summed E-state index contributed by atoms with van der Waals surface area (Å²) in [7, 11) is 0. The molecule has 0 saturated heterocycles. The number of hydrogen-bond donors (Lipinski definition) is 2. The number of aliphatic carboxylic acids is 1. The molecule has 4 nitrogen and oxygen atoms in total.